The zero-order valence-corrected chi connectivity index (χ0v) is 39.5. The number of hydrogen-bond donors (Lipinski definition) is 4. The molecular formula is C55H86O9. The minimum atomic E-state index is -1.56. The lowest BCUT2D eigenvalue weighted by molar-refractivity contribution is -0.305. The molecule has 360 valence electrons. The molecule has 1 saturated heterocycles. The van der Waals surface area contributed by atoms with Crippen LogP contribution in [-0.4, -0.2) is 89.6 Å². The Morgan fingerprint density at radius 1 is 0.500 bits per heavy atom. The van der Waals surface area contributed by atoms with Crippen LogP contribution in [0.3, 0.4) is 0 Å². The van der Waals surface area contributed by atoms with Crippen molar-refractivity contribution in [2.45, 2.75) is 179 Å². The largest absolute Gasteiger partial charge is 0.457 e. The lowest BCUT2D eigenvalue weighted by Gasteiger charge is -2.39. The Labute approximate surface area is 388 Å². The molecule has 1 fully saturated rings. The van der Waals surface area contributed by atoms with E-state index in [-0.39, 0.29) is 25.6 Å². The van der Waals surface area contributed by atoms with E-state index in [0.29, 0.717) is 13.0 Å². The Morgan fingerprint density at radius 3 is 1.36 bits per heavy atom. The molecule has 1 rings (SSSR count). The minimum absolute atomic E-state index is 0.0860. The van der Waals surface area contributed by atoms with Gasteiger partial charge in [-0.15, -0.1) is 0 Å². The monoisotopic (exact) mass is 891 g/mol. The van der Waals surface area contributed by atoms with Gasteiger partial charge in [0.05, 0.1) is 19.8 Å². The van der Waals surface area contributed by atoms with Gasteiger partial charge in [-0.2, -0.15) is 0 Å². The van der Waals surface area contributed by atoms with Gasteiger partial charge in [-0.25, -0.2) is 0 Å². The SMILES string of the molecule is CC/C=C\C/C=C\C/C=C\C/C=C\C/C=C\C/C=C\CCCOCC(COC1OC(CO)C(O)C(O)C1O)OC(=O)CCCCCCC/C=C\C/C=C\C/C=C\C/C=C\C/C=C\CC. The second-order valence-corrected chi connectivity index (χ2v) is 15.8. The first-order valence-electron chi connectivity index (χ1n) is 24.3. The number of hydrogen-bond acceptors (Lipinski definition) is 9. The summed E-state index contributed by atoms with van der Waals surface area (Å²) in [5.74, 6) is -0.359. The maximum absolute atomic E-state index is 12.8. The van der Waals surface area contributed by atoms with Crippen molar-refractivity contribution in [2.75, 3.05) is 26.4 Å². The van der Waals surface area contributed by atoms with Gasteiger partial charge in [0.15, 0.2) is 6.29 Å². The normalized spacial score (nSPS) is 20.8. The average Bonchev–Trinajstić information content (AvgIpc) is 3.30. The van der Waals surface area contributed by atoms with E-state index in [1.807, 2.05) is 0 Å². The number of aliphatic hydroxyl groups excluding tert-OH is 4. The van der Waals surface area contributed by atoms with Crippen molar-refractivity contribution in [1.29, 1.82) is 0 Å². The van der Waals surface area contributed by atoms with Gasteiger partial charge in [0.25, 0.3) is 0 Å². The minimum Gasteiger partial charge on any atom is -0.457 e. The molecule has 6 unspecified atom stereocenters. The summed E-state index contributed by atoms with van der Waals surface area (Å²) in [5, 5.41) is 40.2. The molecule has 1 heterocycles. The maximum Gasteiger partial charge on any atom is 0.306 e. The Kier molecular flexibility index (Phi) is 40.6. The highest BCUT2D eigenvalue weighted by molar-refractivity contribution is 5.69. The van der Waals surface area contributed by atoms with E-state index in [0.717, 1.165) is 116 Å². The molecule has 0 aliphatic carbocycles. The van der Waals surface area contributed by atoms with Crippen LogP contribution in [0.15, 0.2) is 134 Å². The number of ether oxygens (including phenoxy) is 4. The highest BCUT2D eigenvalue weighted by Crippen LogP contribution is 2.22. The van der Waals surface area contributed by atoms with Crippen molar-refractivity contribution in [3.05, 3.63) is 134 Å². The van der Waals surface area contributed by atoms with Crippen molar-refractivity contribution in [1.82, 2.24) is 0 Å². The summed E-state index contributed by atoms with van der Waals surface area (Å²) in [5.41, 5.74) is 0. The summed E-state index contributed by atoms with van der Waals surface area (Å²) in [7, 11) is 0. The highest BCUT2D eigenvalue weighted by Gasteiger charge is 2.44. The van der Waals surface area contributed by atoms with Crippen molar-refractivity contribution >= 4 is 5.97 Å². The van der Waals surface area contributed by atoms with Crippen LogP contribution in [0, 0.1) is 0 Å². The predicted octanol–water partition coefficient (Wildman–Crippen LogP) is 11.7. The fourth-order valence-corrected chi connectivity index (χ4v) is 6.36. The van der Waals surface area contributed by atoms with Gasteiger partial charge in [0.2, 0.25) is 0 Å². The predicted molar refractivity (Wildman–Crippen MR) is 265 cm³/mol. The number of allylic oxidation sites excluding steroid dienone is 22. The molecule has 0 radical (unpaired) electrons. The van der Waals surface area contributed by atoms with Crippen LogP contribution >= 0.6 is 0 Å². The third kappa shape index (κ3) is 34.7. The number of esters is 1. The van der Waals surface area contributed by atoms with E-state index < -0.39 is 43.4 Å². The second kappa shape index (κ2) is 44.5. The zero-order valence-electron chi connectivity index (χ0n) is 39.5. The van der Waals surface area contributed by atoms with Crippen LogP contribution < -0.4 is 0 Å². The molecule has 9 heteroatoms. The molecule has 0 amide bonds. The van der Waals surface area contributed by atoms with E-state index in [1.165, 1.54) is 0 Å². The third-order valence-corrected chi connectivity index (χ3v) is 10.1. The molecule has 1 aliphatic heterocycles. The molecule has 0 aromatic rings. The van der Waals surface area contributed by atoms with Crippen molar-refractivity contribution in [3.63, 3.8) is 0 Å². The smallest absolute Gasteiger partial charge is 0.306 e. The molecule has 0 spiro atoms. The molecule has 6 atom stereocenters. The first-order chi connectivity index (χ1) is 31.4. The summed E-state index contributed by atoms with van der Waals surface area (Å²) in [6, 6.07) is 0. The molecular weight excluding hydrogens is 805 g/mol. The summed E-state index contributed by atoms with van der Waals surface area (Å²) in [4.78, 5) is 12.8. The number of unbranched alkanes of at least 4 members (excludes halogenated alkanes) is 6. The van der Waals surface area contributed by atoms with E-state index in [1.54, 1.807) is 0 Å². The topological polar surface area (TPSA) is 135 Å². The second-order valence-electron chi connectivity index (χ2n) is 15.8. The Hall–Kier alpha value is -3.67. The Morgan fingerprint density at radius 2 is 0.906 bits per heavy atom. The number of carbonyl (C=O) groups excluding carboxylic acids is 1. The van der Waals surface area contributed by atoms with E-state index in [4.69, 9.17) is 18.9 Å². The van der Waals surface area contributed by atoms with E-state index >= 15 is 0 Å². The molecule has 0 saturated carbocycles. The Balaban J connectivity index is 2.32. The fourth-order valence-electron chi connectivity index (χ4n) is 6.36. The van der Waals surface area contributed by atoms with Gasteiger partial charge in [-0.05, 0) is 103 Å². The van der Waals surface area contributed by atoms with Crippen molar-refractivity contribution in [2.24, 2.45) is 0 Å². The van der Waals surface area contributed by atoms with Gasteiger partial charge >= 0.3 is 5.97 Å². The molecule has 64 heavy (non-hydrogen) atoms. The summed E-state index contributed by atoms with van der Waals surface area (Å²) >= 11 is 0. The maximum atomic E-state index is 12.8. The van der Waals surface area contributed by atoms with Gasteiger partial charge in [-0.3, -0.25) is 4.79 Å². The van der Waals surface area contributed by atoms with Crippen LogP contribution in [0.1, 0.15) is 142 Å². The summed E-state index contributed by atoms with van der Waals surface area (Å²) in [6.07, 6.45) is 59.1. The van der Waals surface area contributed by atoms with Gasteiger partial charge < -0.3 is 39.4 Å². The molecule has 9 nitrogen and oxygen atoms in total. The van der Waals surface area contributed by atoms with Crippen LogP contribution in [0.25, 0.3) is 0 Å². The molecule has 0 aromatic carbocycles. The van der Waals surface area contributed by atoms with Gasteiger partial charge in [-0.1, -0.05) is 167 Å². The van der Waals surface area contributed by atoms with Crippen LogP contribution in [0.5, 0.6) is 0 Å². The van der Waals surface area contributed by atoms with E-state index in [9.17, 15) is 25.2 Å². The van der Waals surface area contributed by atoms with Crippen molar-refractivity contribution in [3.8, 4) is 0 Å². The first-order valence-corrected chi connectivity index (χ1v) is 24.3. The number of rotatable bonds is 39. The van der Waals surface area contributed by atoms with E-state index in [2.05, 4.69) is 148 Å². The summed E-state index contributed by atoms with van der Waals surface area (Å²) < 4.78 is 22.8. The lowest BCUT2D eigenvalue weighted by Crippen LogP contribution is -2.59. The quantitative estimate of drug-likeness (QED) is 0.0270. The molecule has 4 N–H and O–H groups in total. The van der Waals surface area contributed by atoms with Crippen LogP contribution in [0.4, 0.5) is 0 Å². The molecule has 0 aromatic heterocycles. The van der Waals surface area contributed by atoms with Gasteiger partial charge in [0.1, 0.15) is 30.5 Å². The zero-order chi connectivity index (χ0) is 46.4. The lowest BCUT2D eigenvalue weighted by atomic mass is 9.99. The first kappa shape index (κ1) is 58.3. The molecule has 0 bridgehead atoms. The summed E-state index contributed by atoms with van der Waals surface area (Å²) in [6.45, 7) is 4.12. The average molecular weight is 891 g/mol. The van der Waals surface area contributed by atoms with Crippen molar-refractivity contribution < 1.29 is 44.2 Å². The third-order valence-electron chi connectivity index (χ3n) is 10.1. The van der Waals surface area contributed by atoms with Gasteiger partial charge in [0, 0.05) is 13.0 Å². The molecule has 1 aliphatic rings. The number of aliphatic hydroxyl groups is 4. The highest BCUT2D eigenvalue weighted by atomic mass is 16.7. The van der Waals surface area contributed by atoms with Crippen LogP contribution in [0.2, 0.25) is 0 Å². The fraction of sp³-hybridized carbons (Fsp3) is 0.582. The number of carbonyl (C=O) groups is 1. The standard InChI is InChI=1S/C55H86O9/c1-3-5-7-9-11-13-15-17-19-21-23-25-26-28-30-32-34-36-38-40-42-44-51(57)63-49(48-62-55-54(60)53(59)52(58)50(46-56)64-55)47-61-45-43-41-39-37-35-33-31-29-27-24-22-20-18-16-14-12-10-8-6-4-2/h5-8,11-14,17-20,23-25,27-28,30-31,33,37,39,49-50,52-56,58-60H,3-4,9-10,15-16,21-22,26,29,32,34-36,38,40-48H2,1-2H3/b7-5-,8-6-,13-11-,14-12-,19-17-,20-18-,25-23-,27-24-,30-28-,33-31-,39-37-. The van der Waals surface area contributed by atoms with Crippen LogP contribution in [-0.2, 0) is 23.7 Å². The Bertz CT molecular complexity index is 1430.